The molecule has 0 saturated heterocycles. The van der Waals surface area contributed by atoms with Gasteiger partial charge in [-0.2, -0.15) is 5.10 Å². The molecule has 2 aromatic carbocycles. The van der Waals surface area contributed by atoms with Crippen molar-refractivity contribution in [3.05, 3.63) is 64.8 Å². The Balaban J connectivity index is 1.67. The number of pyridine rings is 1. The average molecular weight is 428 g/mol. The van der Waals surface area contributed by atoms with E-state index in [2.05, 4.69) is 31.4 Å². The van der Waals surface area contributed by atoms with Crippen LogP contribution in [0.5, 0.6) is 11.5 Å². The normalized spacial score (nSPS) is 12.1. The summed E-state index contributed by atoms with van der Waals surface area (Å²) in [6, 6.07) is 14.9. The maximum absolute atomic E-state index is 12.3. The molecular formula is C20H18BrN3O3. The molecule has 0 radical (unpaired) electrons. The summed E-state index contributed by atoms with van der Waals surface area (Å²) in [6.07, 6.45) is 2.47. The quantitative estimate of drug-likeness (QED) is 0.477. The lowest BCUT2D eigenvalue weighted by Gasteiger charge is -2.14. The number of nitrogens with zero attached hydrogens (tertiary/aromatic N) is 2. The number of para-hydroxylation sites is 1. The Morgan fingerprint density at radius 1 is 1.22 bits per heavy atom. The van der Waals surface area contributed by atoms with Gasteiger partial charge >= 0.3 is 0 Å². The molecule has 1 N–H and O–H groups in total. The first-order valence-electron chi connectivity index (χ1n) is 8.25. The molecule has 1 amide bonds. The third-order valence-corrected chi connectivity index (χ3v) is 4.33. The molecule has 0 aliphatic carbocycles. The van der Waals surface area contributed by atoms with Gasteiger partial charge in [-0.05, 0) is 37.3 Å². The highest BCUT2D eigenvalue weighted by molar-refractivity contribution is 9.10. The van der Waals surface area contributed by atoms with Crippen molar-refractivity contribution in [2.45, 2.75) is 13.0 Å². The number of aromatic nitrogens is 1. The summed E-state index contributed by atoms with van der Waals surface area (Å²) in [7, 11) is 1.58. The molecule has 0 aliphatic heterocycles. The van der Waals surface area contributed by atoms with Gasteiger partial charge in [0.2, 0.25) is 0 Å². The number of nitrogens with one attached hydrogen (secondary N) is 1. The van der Waals surface area contributed by atoms with Crippen LogP contribution in [0.1, 0.15) is 12.5 Å². The zero-order valence-corrected chi connectivity index (χ0v) is 16.4. The highest BCUT2D eigenvalue weighted by atomic mass is 79.9. The molecule has 0 saturated carbocycles. The van der Waals surface area contributed by atoms with Crippen LogP contribution in [0.2, 0.25) is 0 Å². The van der Waals surface area contributed by atoms with Gasteiger partial charge in [0.15, 0.2) is 6.10 Å². The average Bonchev–Trinajstić information content (AvgIpc) is 2.68. The number of hydrogen-bond donors (Lipinski definition) is 1. The van der Waals surface area contributed by atoms with E-state index in [-0.39, 0.29) is 5.91 Å². The van der Waals surface area contributed by atoms with Gasteiger partial charge in [-0.25, -0.2) is 5.43 Å². The summed E-state index contributed by atoms with van der Waals surface area (Å²) in [5, 5.41) is 4.94. The second-order valence-corrected chi connectivity index (χ2v) is 6.63. The number of rotatable bonds is 6. The molecule has 1 atom stereocenters. The van der Waals surface area contributed by atoms with Crippen LogP contribution in [0.4, 0.5) is 0 Å². The Morgan fingerprint density at radius 2 is 2.04 bits per heavy atom. The van der Waals surface area contributed by atoms with E-state index in [4.69, 9.17) is 9.47 Å². The molecule has 7 heteroatoms. The van der Waals surface area contributed by atoms with Gasteiger partial charge in [0, 0.05) is 21.6 Å². The standard InChI is InChI=1S/C20H18BrN3O3/c1-13(27-18-7-3-5-14-6-4-10-22-19(14)18)20(25)24-23-12-15-11-16(21)8-9-17(15)26-2/h3-13H,1-2H3,(H,24,25)/b23-12-/t13-/m0/s1. The van der Waals surface area contributed by atoms with Crippen LogP contribution in [0.3, 0.4) is 0 Å². The maximum Gasteiger partial charge on any atom is 0.280 e. The first-order valence-corrected chi connectivity index (χ1v) is 9.04. The number of hydrogen-bond acceptors (Lipinski definition) is 5. The Bertz CT molecular complexity index is 986. The lowest BCUT2D eigenvalue weighted by atomic mass is 10.2. The zero-order chi connectivity index (χ0) is 19.2. The fraction of sp³-hybridized carbons (Fsp3) is 0.150. The molecule has 0 bridgehead atoms. The Labute approximate surface area is 165 Å². The predicted molar refractivity (Wildman–Crippen MR) is 108 cm³/mol. The lowest BCUT2D eigenvalue weighted by Crippen LogP contribution is -2.33. The fourth-order valence-electron chi connectivity index (χ4n) is 2.48. The van der Waals surface area contributed by atoms with Crippen molar-refractivity contribution in [3.8, 4) is 11.5 Å². The van der Waals surface area contributed by atoms with E-state index in [9.17, 15) is 4.79 Å². The molecule has 1 heterocycles. The van der Waals surface area contributed by atoms with Crippen molar-refractivity contribution < 1.29 is 14.3 Å². The third-order valence-electron chi connectivity index (χ3n) is 3.84. The summed E-state index contributed by atoms with van der Waals surface area (Å²) < 4.78 is 11.9. The topological polar surface area (TPSA) is 72.8 Å². The highest BCUT2D eigenvalue weighted by Crippen LogP contribution is 2.24. The summed E-state index contributed by atoms with van der Waals surface area (Å²) in [5.41, 5.74) is 3.93. The van der Waals surface area contributed by atoms with E-state index in [0.29, 0.717) is 17.0 Å². The van der Waals surface area contributed by atoms with Crippen LogP contribution in [0.25, 0.3) is 10.9 Å². The Morgan fingerprint density at radius 3 is 2.85 bits per heavy atom. The van der Waals surface area contributed by atoms with Crippen molar-refractivity contribution >= 4 is 39.0 Å². The number of halogens is 1. The van der Waals surface area contributed by atoms with Crippen molar-refractivity contribution in [2.24, 2.45) is 5.10 Å². The molecule has 0 fully saturated rings. The van der Waals surface area contributed by atoms with Crippen LogP contribution >= 0.6 is 15.9 Å². The van der Waals surface area contributed by atoms with E-state index in [1.54, 1.807) is 26.3 Å². The smallest absolute Gasteiger partial charge is 0.280 e. The molecule has 3 aromatic rings. The van der Waals surface area contributed by atoms with E-state index in [1.165, 1.54) is 6.21 Å². The minimum atomic E-state index is -0.737. The van der Waals surface area contributed by atoms with Gasteiger partial charge in [0.05, 0.1) is 13.3 Å². The molecule has 3 rings (SSSR count). The number of carbonyl (C=O) groups excluding carboxylic acids is 1. The zero-order valence-electron chi connectivity index (χ0n) is 14.8. The maximum atomic E-state index is 12.3. The van der Waals surface area contributed by atoms with Crippen molar-refractivity contribution in [1.29, 1.82) is 0 Å². The molecule has 138 valence electrons. The fourth-order valence-corrected chi connectivity index (χ4v) is 2.86. The molecular weight excluding hydrogens is 410 g/mol. The van der Waals surface area contributed by atoms with Gasteiger partial charge in [-0.15, -0.1) is 0 Å². The molecule has 27 heavy (non-hydrogen) atoms. The van der Waals surface area contributed by atoms with Crippen molar-refractivity contribution in [3.63, 3.8) is 0 Å². The number of carbonyl (C=O) groups is 1. The minimum Gasteiger partial charge on any atom is -0.496 e. The second-order valence-electron chi connectivity index (χ2n) is 5.71. The Kier molecular flexibility index (Phi) is 6.03. The van der Waals surface area contributed by atoms with Crippen LogP contribution in [-0.2, 0) is 4.79 Å². The molecule has 0 spiro atoms. The number of methoxy groups -OCH3 is 1. The van der Waals surface area contributed by atoms with Gasteiger partial charge in [-0.3, -0.25) is 9.78 Å². The highest BCUT2D eigenvalue weighted by Gasteiger charge is 2.15. The van der Waals surface area contributed by atoms with Crippen LogP contribution in [-0.4, -0.2) is 30.3 Å². The van der Waals surface area contributed by atoms with Crippen molar-refractivity contribution in [1.82, 2.24) is 10.4 Å². The van der Waals surface area contributed by atoms with E-state index < -0.39 is 6.10 Å². The monoisotopic (exact) mass is 427 g/mol. The first kappa shape index (κ1) is 18.8. The summed E-state index contributed by atoms with van der Waals surface area (Å²) >= 11 is 3.40. The number of benzene rings is 2. The molecule has 0 aliphatic rings. The van der Waals surface area contributed by atoms with Crippen LogP contribution in [0, 0.1) is 0 Å². The largest absolute Gasteiger partial charge is 0.496 e. The number of amides is 1. The Hall–Kier alpha value is -2.93. The van der Waals surface area contributed by atoms with E-state index >= 15 is 0 Å². The van der Waals surface area contributed by atoms with Gasteiger partial charge < -0.3 is 9.47 Å². The van der Waals surface area contributed by atoms with E-state index in [0.717, 1.165) is 15.4 Å². The second kappa shape index (κ2) is 8.64. The van der Waals surface area contributed by atoms with Crippen LogP contribution < -0.4 is 14.9 Å². The van der Waals surface area contributed by atoms with Crippen molar-refractivity contribution in [2.75, 3.05) is 7.11 Å². The van der Waals surface area contributed by atoms with Gasteiger partial charge in [-0.1, -0.05) is 34.1 Å². The summed E-state index contributed by atoms with van der Waals surface area (Å²) in [5.74, 6) is 0.837. The van der Waals surface area contributed by atoms with Gasteiger partial charge in [0.25, 0.3) is 5.91 Å². The number of hydrazone groups is 1. The van der Waals surface area contributed by atoms with E-state index in [1.807, 2.05) is 42.5 Å². The molecule has 1 aromatic heterocycles. The lowest BCUT2D eigenvalue weighted by molar-refractivity contribution is -0.127. The molecule has 6 nitrogen and oxygen atoms in total. The first-order chi connectivity index (χ1) is 13.1. The SMILES string of the molecule is COc1ccc(Br)cc1/C=N\NC(=O)[C@H](C)Oc1cccc2cccnc12. The minimum absolute atomic E-state index is 0.367. The number of ether oxygens (including phenoxy) is 2. The molecule has 0 unspecified atom stereocenters. The van der Waals surface area contributed by atoms with Crippen LogP contribution in [0.15, 0.2) is 64.3 Å². The van der Waals surface area contributed by atoms with Gasteiger partial charge in [0.1, 0.15) is 17.0 Å². The summed E-state index contributed by atoms with van der Waals surface area (Å²) in [6.45, 7) is 1.66. The number of fused-ring (bicyclic) bond motifs is 1. The predicted octanol–water partition coefficient (Wildman–Crippen LogP) is 3.92. The summed E-state index contributed by atoms with van der Waals surface area (Å²) in [4.78, 5) is 16.6. The third kappa shape index (κ3) is 4.62.